The van der Waals surface area contributed by atoms with Gasteiger partial charge >= 0.3 is 12.0 Å². The lowest BCUT2D eigenvalue weighted by molar-refractivity contribution is -0.133. The van der Waals surface area contributed by atoms with Crippen LogP contribution in [0.4, 0.5) is 4.79 Å². The van der Waals surface area contributed by atoms with Crippen LogP contribution in [0.25, 0.3) is 0 Å². The number of carbonyl (C=O) groups is 2. The highest BCUT2D eigenvalue weighted by atomic mass is 79.9. The number of carboxylic acids is 1. The van der Waals surface area contributed by atoms with Crippen molar-refractivity contribution in [3.8, 4) is 0 Å². The molecule has 88 valence electrons. The van der Waals surface area contributed by atoms with Crippen molar-refractivity contribution in [2.75, 3.05) is 0 Å². The second kappa shape index (κ2) is 4.58. The van der Waals surface area contributed by atoms with Crippen LogP contribution in [0.2, 0.25) is 0 Å². The molecule has 0 aliphatic carbocycles. The average molecular weight is 297 g/mol. The Hall–Kier alpha value is -1.82. The van der Waals surface area contributed by atoms with Gasteiger partial charge in [0.15, 0.2) is 0 Å². The van der Waals surface area contributed by atoms with Gasteiger partial charge in [0.25, 0.3) is 0 Å². The number of carbonyl (C=O) groups excluding carboxylic acids is 1. The molecule has 0 saturated heterocycles. The first kappa shape index (κ1) is 11.7. The number of hydrogen-bond donors (Lipinski definition) is 3. The van der Waals surface area contributed by atoms with Crippen molar-refractivity contribution in [2.45, 2.75) is 6.04 Å². The van der Waals surface area contributed by atoms with Crippen LogP contribution >= 0.6 is 15.9 Å². The number of hydrogen-bond acceptors (Lipinski definition) is 2. The number of nitrogens with one attached hydrogen (secondary N) is 2. The smallest absolute Gasteiger partial charge is 0.352 e. The molecule has 0 aromatic heterocycles. The molecular weight excluding hydrogens is 288 g/mol. The minimum atomic E-state index is -1.15. The molecule has 1 unspecified atom stereocenters. The normalized spacial score (nSPS) is 19.0. The van der Waals surface area contributed by atoms with Crippen LogP contribution in [0.1, 0.15) is 11.6 Å². The van der Waals surface area contributed by atoms with Gasteiger partial charge in [-0.15, -0.1) is 0 Å². The van der Waals surface area contributed by atoms with E-state index in [0.717, 1.165) is 10.0 Å². The fourth-order valence-electron chi connectivity index (χ4n) is 1.52. The van der Waals surface area contributed by atoms with E-state index in [4.69, 9.17) is 5.11 Å². The van der Waals surface area contributed by atoms with Crippen molar-refractivity contribution in [1.82, 2.24) is 10.6 Å². The molecule has 0 fully saturated rings. The first-order valence-corrected chi connectivity index (χ1v) is 5.63. The van der Waals surface area contributed by atoms with Crippen LogP contribution in [0.5, 0.6) is 0 Å². The molecule has 2 rings (SSSR count). The van der Waals surface area contributed by atoms with Crippen LogP contribution in [-0.2, 0) is 4.79 Å². The van der Waals surface area contributed by atoms with Gasteiger partial charge in [0, 0.05) is 4.47 Å². The standard InChI is InChI=1S/C11H9BrN2O3/c12-7-3-1-6(2-4-7)8-5-9(10(15)16)14-11(17)13-8/h1-5,8H,(H,15,16)(H2,13,14,17). The molecule has 6 heteroatoms. The van der Waals surface area contributed by atoms with Gasteiger partial charge in [-0.3, -0.25) is 0 Å². The van der Waals surface area contributed by atoms with Crippen molar-refractivity contribution in [3.63, 3.8) is 0 Å². The summed E-state index contributed by atoms with van der Waals surface area (Å²) in [4.78, 5) is 22.1. The predicted octanol–water partition coefficient (Wildman–Crippen LogP) is 1.77. The Balaban J connectivity index is 2.32. The van der Waals surface area contributed by atoms with E-state index in [-0.39, 0.29) is 5.70 Å². The van der Waals surface area contributed by atoms with Gasteiger partial charge in [-0.1, -0.05) is 28.1 Å². The van der Waals surface area contributed by atoms with Crippen LogP contribution in [0.15, 0.2) is 40.5 Å². The van der Waals surface area contributed by atoms with E-state index in [1.165, 1.54) is 6.08 Å². The second-order valence-electron chi connectivity index (χ2n) is 3.51. The maximum atomic E-state index is 11.3. The van der Waals surface area contributed by atoms with Crippen LogP contribution < -0.4 is 10.6 Å². The van der Waals surface area contributed by atoms with Crippen molar-refractivity contribution in [3.05, 3.63) is 46.1 Å². The molecule has 1 heterocycles. The number of rotatable bonds is 2. The first-order chi connectivity index (χ1) is 8.06. The first-order valence-electron chi connectivity index (χ1n) is 4.84. The third kappa shape index (κ3) is 2.65. The molecule has 0 radical (unpaired) electrons. The molecule has 1 aromatic carbocycles. The van der Waals surface area contributed by atoms with E-state index in [2.05, 4.69) is 26.6 Å². The molecular formula is C11H9BrN2O3. The maximum absolute atomic E-state index is 11.3. The fraction of sp³-hybridized carbons (Fsp3) is 0.0909. The van der Waals surface area contributed by atoms with Gasteiger partial charge in [-0.2, -0.15) is 0 Å². The average Bonchev–Trinajstić information content (AvgIpc) is 2.29. The Kier molecular flexibility index (Phi) is 3.14. The fourth-order valence-corrected chi connectivity index (χ4v) is 1.79. The lowest BCUT2D eigenvalue weighted by atomic mass is 10.0. The highest BCUT2D eigenvalue weighted by Gasteiger charge is 2.22. The van der Waals surface area contributed by atoms with Gasteiger partial charge < -0.3 is 15.7 Å². The highest BCUT2D eigenvalue weighted by molar-refractivity contribution is 9.10. The summed E-state index contributed by atoms with van der Waals surface area (Å²) in [6, 6.07) is 6.35. The van der Waals surface area contributed by atoms with Crippen molar-refractivity contribution < 1.29 is 14.7 Å². The van der Waals surface area contributed by atoms with Crippen molar-refractivity contribution in [1.29, 1.82) is 0 Å². The largest absolute Gasteiger partial charge is 0.477 e. The number of amides is 2. The predicted molar refractivity (Wildman–Crippen MR) is 64.3 cm³/mol. The summed E-state index contributed by atoms with van der Waals surface area (Å²) in [5, 5.41) is 13.7. The summed E-state index contributed by atoms with van der Waals surface area (Å²) in [6.07, 6.45) is 1.47. The van der Waals surface area contributed by atoms with Crippen LogP contribution in [-0.4, -0.2) is 17.1 Å². The molecule has 1 aromatic rings. The Labute approximate surface area is 106 Å². The summed E-state index contributed by atoms with van der Waals surface area (Å²) >= 11 is 3.31. The summed E-state index contributed by atoms with van der Waals surface area (Å²) in [5.74, 6) is -1.15. The van der Waals surface area contributed by atoms with Crippen LogP contribution in [0, 0.1) is 0 Å². The van der Waals surface area contributed by atoms with E-state index < -0.39 is 18.0 Å². The highest BCUT2D eigenvalue weighted by Crippen LogP contribution is 2.20. The van der Waals surface area contributed by atoms with Crippen molar-refractivity contribution >= 4 is 27.9 Å². The molecule has 0 bridgehead atoms. The number of urea groups is 1. The summed E-state index contributed by atoms with van der Waals surface area (Å²) in [5.41, 5.74) is 0.712. The molecule has 17 heavy (non-hydrogen) atoms. The molecule has 1 atom stereocenters. The van der Waals surface area contributed by atoms with Gasteiger partial charge in [0.2, 0.25) is 0 Å². The minimum Gasteiger partial charge on any atom is -0.477 e. The van der Waals surface area contributed by atoms with Crippen molar-refractivity contribution in [2.24, 2.45) is 0 Å². The Morgan fingerprint density at radius 3 is 2.53 bits per heavy atom. The number of aliphatic carboxylic acids is 1. The van der Waals surface area contributed by atoms with E-state index in [9.17, 15) is 9.59 Å². The zero-order chi connectivity index (χ0) is 12.4. The number of benzene rings is 1. The van der Waals surface area contributed by atoms with Crippen LogP contribution in [0.3, 0.4) is 0 Å². The minimum absolute atomic E-state index is 0.110. The SMILES string of the molecule is O=C1NC(C(=O)O)=CC(c2ccc(Br)cc2)N1. The van der Waals surface area contributed by atoms with Gasteiger partial charge in [0.1, 0.15) is 5.70 Å². The van der Waals surface area contributed by atoms with E-state index in [1.54, 1.807) is 0 Å². The lowest BCUT2D eigenvalue weighted by Gasteiger charge is -2.22. The quantitative estimate of drug-likeness (QED) is 0.778. The summed E-state index contributed by atoms with van der Waals surface area (Å²) < 4.78 is 0.920. The lowest BCUT2D eigenvalue weighted by Crippen LogP contribution is -2.43. The van der Waals surface area contributed by atoms with Gasteiger partial charge in [0.05, 0.1) is 6.04 Å². The molecule has 5 nitrogen and oxygen atoms in total. The number of halogens is 1. The third-order valence-corrected chi connectivity index (χ3v) is 2.86. The Morgan fingerprint density at radius 1 is 1.29 bits per heavy atom. The molecule has 0 spiro atoms. The number of carboxylic acid groups (broad SMARTS) is 1. The topological polar surface area (TPSA) is 78.4 Å². The molecule has 2 amide bonds. The monoisotopic (exact) mass is 296 g/mol. The summed E-state index contributed by atoms with van der Waals surface area (Å²) in [6.45, 7) is 0. The Morgan fingerprint density at radius 2 is 1.94 bits per heavy atom. The van der Waals surface area contributed by atoms with E-state index in [0.29, 0.717) is 0 Å². The third-order valence-electron chi connectivity index (χ3n) is 2.33. The maximum Gasteiger partial charge on any atom is 0.352 e. The molecule has 0 saturated carbocycles. The van der Waals surface area contributed by atoms with E-state index in [1.807, 2.05) is 24.3 Å². The summed E-state index contributed by atoms with van der Waals surface area (Å²) in [7, 11) is 0. The van der Waals surface area contributed by atoms with E-state index >= 15 is 0 Å². The Bertz CT molecular complexity index is 496. The zero-order valence-electron chi connectivity index (χ0n) is 8.61. The van der Waals surface area contributed by atoms with Gasteiger partial charge in [-0.25, -0.2) is 9.59 Å². The van der Waals surface area contributed by atoms with Gasteiger partial charge in [-0.05, 0) is 23.8 Å². The molecule has 1 aliphatic heterocycles. The molecule has 3 N–H and O–H groups in total. The second-order valence-corrected chi connectivity index (χ2v) is 4.43. The molecule has 1 aliphatic rings. The zero-order valence-corrected chi connectivity index (χ0v) is 10.2.